The largest absolute Gasteiger partial charge is 0.468 e. The van der Waals surface area contributed by atoms with Gasteiger partial charge in [0.25, 0.3) is 0 Å². The van der Waals surface area contributed by atoms with E-state index in [-0.39, 0.29) is 0 Å². The van der Waals surface area contributed by atoms with Crippen molar-refractivity contribution in [2.75, 3.05) is 7.11 Å². The molecule has 0 bridgehead atoms. The summed E-state index contributed by atoms with van der Waals surface area (Å²) in [6.07, 6.45) is 4.84. The van der Waals surface area contributed by atoms with Gasteiger partial charge in [-0.1, -0.05) is 44.0 Å². The van der Waals surface area contributed by atoms with E-state index in [0.29, 0.717) is 11.5 Å². The Bertz CT molecular complexity index is 577. The van der Waals surface area contributed by atoms with Gasteiger partial charge in [0.2, 0.25) is 5.92 Å². The van der Waals surface area contributed by atoms with E-state index in [0.717, 1.165) is 5.92 Å². The summed E-state index contributed by atoms with van der Waals surface area (Å²) in [5, 5.41) is 8.97. The molecule has 1 fully saturated rings. The van der Waals surface area contributed by atoms with Crippen LogP contribution in [0.15, 0.2) is 24.3 Å². The molecule has 1 aromatic rings. The third-order valence-corrected chi connectivity index (χ3v) is 4.51. The van der Waals surface area contributed by atoms with E-state index < -0.39 is 17.7 Å². The molecule has 1 saturated carbocycles. The number of esters is 1. The number of Topliss-reactive ketones (excluding diaryl/α,β-unsaturated/α-hetero) is 1. The number of nitrogens with zero attached hydrogens (tertiary/aromatic N) is 1. The Balaban J connectivity index is 2.10. The van der Waals surface area contributed by atoms with E-state index in [1.54, 1.807) is 18.2 Å². The fourth-order valence-electron chi connectivity index (χ4n) is 3.02. The zero-order chi connectivity index (χ0) is 16.1. The van der Waals surface area contributed by atoms with Crippen molar-refractivity contribution in [2.45, 2.75) is 38.5 Å². The van der Waals surface area contributed by atoms with Gasteiger partial charge in [-0.2, -0.15) is 5.26 Å². The van der Waals surface area contributed by atoms with Crippen LogP contribution in [0.4, 0.5) is 0 Å². The molecular formula is C18H21NO3. The molecule has 0 aromatic heterocycles. The smallest absolute Gasteiger partial charge is 0.331 e. The molecule has 1 unspecified atom stereocenters. The zero-order valence-corrected chi connectivity index (χ0v) is 13.0. The summed E-state index contributed by atoms with van der Waals surface area (Å²) in [5.74, 6) is -1.34. The molecule has 0 heterocycles. The monoisotopic (exact) mass is 299 g/mol. The highest BCUT2D eigenvalue weighted by Gasteiger charge is 2.28. The first-order valence-corrected chi connectivity index (χ1v) is 7.68. The number of hydrogen-bond donors (Lipinski definition) is 0. The third-order valence-electron chi connectivity index (χ3n) is 4.51. The molecule has 0 spiro atoms. The molecule has 0 aliphatic heterocycles. The summed E-state index contributed by atoms with van der Waals surface area (Å²) < 4.78 is 4.49. The van der Waals surface area contributed by atoms with Gasteiger partial charge in [-0.3, -0.25) is 9.59 Å². The SMILES string of the molecule is COC(=O)C(C#N)C(=O)c1ccc(C2CCC(C)CC2)cc1. The Morgan fingerprint density at radius 2 is 1.77 bits per heavy atom. The second-order valence-electron chi connectivity index (χ2n) is 6.03. The number of benzene rings is 1. The molecule has 1 aromatic carbocycles. The van der Waals surface area contributed by atoms with E-state index in [9.17, 15) is 9.59 Å². The normalized spacial score (nSPS) is 22.4. The lowest BCUT2D eigenvalue weighted by Crippen LogP contribution is -2.24. The zero-order valence-electron chi connectivity index (χ0n) is 13.0. The summed E-state index contributed by atoms with van der Waals surface area (Å²) in [5.41, 5.74) is 1.61. The Kier molecular flexibility index (Phi) is 5.32. The number of ketones is 1. The second-order valence-corrected chi connectivity index (χ2v) is 6.03. The van der Waals surface area contributed by atoms with Crippen LogP contribution in [-0.2, 0) is 9.53 Å². The highest BCUT2D eigenvalue weighted by Crippen LogP contribution is 2.35. The van der Waals surface area contributed by atoms with E-state index >= 15 is 0 Å². The van der Waals surface area contributed by atoms with Crippen molar-refractivity contribution in [2.24, 2.45) is 11.8 Å². The van der Waals surface area contributed by atoms with Crippen LogP contribution in [0.1, 0.15) is 54.4 Å². The molecule has 1 aliphatic rings. The fraction of sp³-hybridized carbons (Fsp3) is 0.500. The lowest BCUT2D eigenvalue weighted by Gasteiger charge is -2.26. The molecule has 116 valence electrons. The van der Waals surface area contributed by atoms with E-state index in [1.807, 2.05) is 12.1 Å². The Labute approximate surface area is 131 Å². The maximum Gasteiger partial charge on any atom is 0.331 e. The first-order chi connectivity index (χ1) is 10.6. The van der Waals surface area contributed by atoms with Crippen LogP contribution < -0.4 is 0 Å². The molecule has 0 radical (unpaired) electrons. The summed E-state index contributed by atoms with van der Waals surface area (Å²) >= 11 is 0. The van der Waals surface area contributed by atoms with Gasteiger partial charge < -0.3 is 4.74 Å². The molecule has 0 amide bonds. The molecule has 2 rings (SSSR count). The highest BCUT2D eigenvalue weighted by molar-refractivity contribution is 6.10. The van der Waals surface area contributed by atoms with Crippen LogP contribution in [0.25, 0.3) is 0 Å². The minimum Gasteiger partial charge on any atom is -0.468 e. The van der Waals surface area contributed by atoms with E-state index in [1.165, 1.54) is 38.4 Å². The number of carbonyl (C=O) groups is 2. The van der Waals surface area contributed by atoms with Crippen LogP contribution in [0, 0.1) is 23.2 Å². The second kappa shape index (κ2) is 7.22. The van der Waals surface area contributed by atoms with Gasteiger partial charge in [-0.05, 0) is 30.2 Å². The molecule has 4 heteroatoms. The Hall–Kier alpha value is -2.15. The number of hydrogen-bond acceptors (Lipinski definition) is 4. The lowest BCUT2D eigenvalue weighted by molar-refractivity contribution is -0.141. The minimum absolute atomic E-state index is 0.380. The number of ether oxygens (including phenoxy) is 1. The predicted octanol–water partition coefficient (Wildman–Crippen LogP) is 3.48. The average molecular weight is 299 g/mol. The maximum atomic E-state index is 12.2. The van der Waals surface area contributed by atoms with Crippen LogP contribution in [0.3, 0.4) is 0 Å². The van der Waals surface area contributed by atoms with Crippen molar-refractivity contribution in [1.29, 1.82) is 5.26 Å². The van der Waals surface area contributed by atoms with Crippen molar-refractivity contribution in [3.8, 4) is 6.07 Å². The van der Waals surface area contributed by atoms with Gasteiger partial charge in [0.05, 0.1) is 13.2 Å². The minimum atomic E-state index is -1.38. The van der Waals surface area contributed by atoms with Gasteiger partial charge in [-0.25, -0.2) is 0 Å². The summed E-state index contributed by atoms with van der Waals surface area (Å²) in [7, 11) is 1.17. The number of nitriles is 1. The third kappa shape index (κ3) is 3.54. The van der Waals surface area contributed by atoms with Crippen molar-refractivity contribution in [3.05, 3.63) is 35.4 Å². The Morgan fingerprint density at radius 3 is 2.27 bits per heavy atom. The van der Waals surface area contributed by atoms with Crippen molar-refractivity contribution in [3.63, 3.8) is 0 Å². The predicted molar refractivity (Wildman–Crippen MR) is 82.3 cm³/mol. The van der Waals surface area contributed by atoms with Crippen LogP contribution in [0.5, 0.6) is 0 Å². The van der Waals surface area contributed by atoms with Crippen molar-refractivity contribution >= 4 is 11.8 Å². The van der Waals surface area contributed by atoms with Crippen LogP contribution in [0.2, 0.25) is 0 Å². The Morgan fingerprint density at radius 1 is 1.18 bits per heavy atom. The summed E-state index contributed by atoms with van der Waals surface area (Å²) in [6.45, 7) is 2.28. The molecule has 4 nitrogen and oxygen atoms in total. The van der Waals surface area contributed by atoms with Gasteiger partial charge in [0.15, 0.2) is 5.78 Å². The lowest BCUT2D eigenvalue weighted by atomic mass is 9.79. The fourth-order valence-corrected chi connectivity index (χ4v) is 3.02. The number of methoxy groups -OCH3 is 1. The molecule has 22 heavy (non-hydrogen) atoms. The summed E-state index contributed by atoms with van der Waals surface area (Å²) in [6, 6.07) is 9.02. The number of carbonyl (C=O) groups excluding carboxylic acids is 2. The average Bonchev–Trinajstić information content (AvgIpc) is 2.56. The molecule has 1 aliphatic carbocycles. The summed E-state index contributed by atoms with van der Waals surface area (Å²) in [4.78, 5) is 23.6. The molecular weight excluding hydrogens is 278 g/mol. The van der Waals surface area contributed by atoms with E-state index in [2.05, 4.69) is 11.7 Å². The van der Waals surface area contributed by atoms with Gasteiger partial charge >= 0.3 is 5.97 Å². The van der Waals surface area contributed by atoms with Gasteiger partial charge in [0, 0.05) is 5.56 Å². The highest BCUT2D eigenvalue weighted by atomic mass is 16.5. The maximum absolute atomic E-state index is 12.2. The quantitative estimate of drug-likeness (QED) is 0.485. The van der Waals surface area contributed by atoms with Crippen LogP contribution in [-0.4, -0.2) is 18.9 Å². The molecule has 1 atom stereocenters. The molecule has 0 N–H and O–H groups in total. The number of rotatable bonds is 4. The standard InChI is InChI=1S/C18H21NO3/c1-12-3-5-13(6-4-12)14-7-9-15(10-8-14)17(20)16(11-19)18(21)22-2/h7-10,12-13,16H,3-6H2,1-2H3. The van der Waals surface area contributed by atoms with E-state index in [4.69, 9.17) is 5.26 Å². The first-order valence-electron chi connectivity index (χ1n) is 7.68. The van der Waals surface area contributed by atoms with Crippen molar-refractivity contribution in [1.82, 2.24) is 0 Å². The van der Waals surface area contributed by atoms with Crippen LogP contribution >= 0.6 is 0 Å². The molecule has 0 saturated heterocycles. The topological polar surface area (TPSA) is 67.2 Å². The van der Waals surface area contributed by atoms with Crippen molar-refractivity contribution < 1.29 is 14.3 Å². The van der Waals surface area contributed by atoms with Gasteiger partial charge in [0.1, 0.15) is 0 Å². The first kappa shape index (κ1) is 16.2. The van der Waals surface area contributed by atoms with Gasteiger partial charge in [-0.15, -0.1) is 0 Å².